The van der Waals surface area contributed by atoms with Crippen LogP contribution < -0.4 is 9.46 Å². The molecule has 0 aliphatic heterocycles. The quantitative estimate of drug-likeness (QED) is 0.864. The molecule has 0 atom stereocenters. The zero-order valence-corrected chi connectivity index (χ0v) is 12.0. The zero-order valence-electron chi connectivity index (χ0n) is 11.2. The first kappa shape index (κ1) is 15.3. The highest BCUT2D eigenvalue weighted by Gasteiger charge is 2.24. The van der Waals surface area contributed by atoms with Crippen LogP contribution in [0.1, 0.15) is 26.3 Å². The average Bonchev–Trinajstić information content (AvgIpc) is 2.11. The van der Waals surface area contributed by atoms with E-state index in [4.69, 9.17) is 4.74 Å². The Morgan fingerprint density at radius 3 is 2.37 bits per heavy atom. The number of carbonyl (C=O) groups excluding carboxylic acids is 1. The van der Waals surface area contributed by atoms with E-state index in [1.807, 2.05) is 20.8 Å². The van der Waals surface area contributed by atoms with Gasteiger partial charge < -0.3 is 9.84 Å². The molecule has 0 bridgehead atoms. The smallest absolute Gasteiger partial charge is 0.426 e. The summed E-state index contributed by atoms with van der Waals surface area (Å²) in [4.78, 5) is 11.4. The summed E-state index contributed by atoms with van der Waals surface area (Å²) in [6.07, 6.45) is -0.264. The lowest BCUT2D eigenvalue weighted by atomic mass is 9.85. The number of benzene rings is 1. The first-order valence-corrected chi connectivity index (χ1v) is 7.42. The number of amides is 1. The first-order chi connectivity index (χ1) is 8.50. The van der Waals surface area contributed by atoms with Crippen LogP contribution in [0, 0.1) is 0 Å². The van der Waals surface area contributed by atoms with Gasteiger partial charge in [0.1, 0.15) is 11.5 Å². The minimum Gasteiger partial charge on any atom is -0.508 e. The molecule has 0 radical (unpaired) electrons. The van der Waals surface area contributed by atoms with E-state index in [1.54, 1.807) is 4.72 Å². The maximum absolute atomic E-state index is 11.4. The Hall–Kier alpha value is -1.76. The Kier molecular flexibility index (Phi) is 4.09. The fourth-order valence-corrected chi connectivity index (χ4v) is 1.97. The molecule has 0 saturated heterocycles. The molecule has 2 N–H and O–H groups in total. The Morgan fingerprint density at radius 1 is 1.32 bits per heavy atom. The second kappa shape index (κ2) is 5.08. The fraction of sp³-hybridized carbons (Fsp3) is 0.417. The molecule has 6 nitrogen and oxygen atoms in total. The molecule has 0 saturated carbocycles. The third-order valence-electron chi connectivity index (χ3n) is 2.23. The summed E-state index contributed by atoms with van der Waals surface area (Å²) in [5, 5.41) is 9.84. The third kappa shape index (κ3) is 4.44. The topological polar surface area (TPSA) is 92.7 Å². The second-order valence-electron chi connectivity index (χ2n) is 5.16. The summed E-state index contributed by atoms with van der Waals surface area (Å²) >= 11 is 0. The Bertz CT molecular complexity index is 587. The number of ether oxygens (including phenoxy) is 1. The van der Waals surface area contributed by atoms with Gasteiger partial charge in [-0.3, -0.25) is 0 Å². The minimum atomic E-state index is -3.69. The first-order valence-electron chi connectivity index (χ1n) is 5.53. The van der Waals surface area contributed by atoms with E-state index in [-0.39, 0.29) is 11.5 Å². The number of hydrogen-bond acceptors (Lipinski definition) is 5. The predicted octanol–water partition coefficient (Wildman–Crippen LogP) is 1.74. The van der Waals surface area contributed by atoms with E-state index in [0.29, 0.717) is 5.56 Å². The lowest BCUT2D eigenvalue weighted by Crippen LogP contribution is -2.32. The van der Waals surface area contributed by atoms with Crippen LogP contribution >= 0.6 is 0 Å². The van der Waals surface area contributed by atoms with Crippen LogP contribution in [0.4, 0.5) is 4.79 Å². The number of rotatable bonds is 2. The Morgan fingerprint density at radius 2 is 1.89 bits per heavy atom. The molecule has 19 heavy (non-hydrogen) atoms. The molecule has 0 aromatic heterocycles. The van der Waals surface area contributed by atoms with Gasteiger partial charge >= 0.3 is 6.09 Å². The molecule has 0 heterocycles. The van der Waals surface area contributed by atoms with E-state index < -0.39 is 21.5 Å². The molecular weight excluding hydrogens is 270 g/mol. The standard InChI is InChI=1S/C12H17NO5S/c1-12(2,3)10-8(14)6-5-7-9(10)18-11(15)13-19(4,16)17/h5-7,14H,1-4H3,(H,13,15). The number of aromatic hydroxyl groups is 1. The largest absolute Gasteiger partial charge is 0.508 e. The summed E-state index contributed by atoms with van der Waals surface area (Å²) in [5.41, 5.74) is -0.0369. The number of hydrogen-bond donors (Lipinski definition) is 2. The minimum absolute atomic E-state index is 0.0165. The summed E-state index contributed by atoms with van der Waals surface area (Å²) in [6.45, 7) is 5.51. The van der Waals surface area contributed by atoms with Crippen LogP contribution in [0.5, 0.6) is 11.5 Å². The van der Waals surface area contributed by atoms with Crippen molar-refractivity contribution in [3.05, 3.63) is 23.8 Å². The van der Waals surface area contributed by atoms with Crippen molar-refractivity contribution < 1.29 is 23.1 Å². The monoisotopic (exact) mass is 287 g/mol. The predicted molar refractivity (Wildman–Crippen MR) is 70.8 cm³/mol. The Labute approximate surface area is 112 Å². The van der Waals surface area contributed by atoms with E-state index in [0.717, 1.165) is 6.26 Å². The van der Waals surface area contributed by atoms with Crippen molar-refractivity contribution in [1.29, 1.82) is 0 Å². The van der Waals surface area contributed by atoms with Gasteiger partial charge in [-0.15, -0.1) is 0 Å². The highest BCUT2D eigenvalue weighted by atomic mass is 32.2. The molecule has 1 aromatic carbocycles. The fourth-order valence-electron chi connectivity index (χ4n) is 1.63. The van der Waals surface area contributed by atoms with E-state index in [9.17, 15) is 18.3 Å². The van der Waals surface area contributed by atoms with Gasteiger partial charge in [0.15, 0.2) is 0 Å². The molecule has 0 aliphatic carbocycles. The van der Waals surface area contributed by atoms with Crippen molar-refractivity contribution in [1.82, 2.24) is 4.72 Å². The van der Waals surface area contributed by atoms with Crippen LogP contribution in [0.25, 0.3) is 0 Å². The van der Waals surface area contributed by atoms with Gasteiger partial charge in [-0.25, -0.2) is 17.9 Å². The lowest BCUT2D eigenvalue weighted by molar-refractivity contribution is 0.205. The summed E-state index contributed by atoms with van der Waals surface area (Å²) in [7, 11) is -3.69. The molecule has 0 unspecified atom stereocenters. The maximum Gasteiger partial charge on any atom is 0.426 e. The molecule has 1 amide bonds. The van der Waals surface area contributed by atoms with Crippen molar-refractivity contribution in [2.75, 3.05) is 6.26 Å². The van der Waals surface area contributed by atoms with E-state index in [1.165, 1.54) is 18.2 Å². The van der Waals surface area contributed by atoms with Crippen molar-refractivity contribution in [2.45, 2.75) is 26.2 Å². The Balaban J connectivity index is 3.09. The highest BCUT2D eigenvalue weighted by molar-refractivity contribution is 7.89. The lowest BCUT2D eigenvalue weighted by Gasteiger charge is -2.23. The maximum atomic E-state index is 11.4. The van der Waals surface area contributed by atoms with Gasteiger partial charge in [-0.2, -0.15) is 0 Å². The van der Waals surface area contributed by atoms with Crippen LogP contribution in [0.2, 0.25) is 0 Å². The normalized spacial score (nSPS) is 12.0. The molecule has 0 aliphatic rings. The SMILES string of the molecule is CC(C)(C)c1c(O)cccc1OC(=O)NS(C)(=O)=O. The highest BCUT2D eigenvalue weighted by Crippen LogP contribution is 2.38. The van der Waals surface area contributed by atoms with Gasteiger partial charge in [-0.1, -0.05) is 26.8 Å². The number of nitrogens with one attached hydrogen (secondary N) is 1. The number of phenolic OH excluding ortho intramolecular Hbond substituents is 1. The third-order valence-corrected chi connectivity index (χ3v) is 2.76. The van der Waals surface area contributed by atoms with Crippen LogP contribution in [-0.2, 0) is 15.4 Å². The van der Waals surface area contributed by atoms with Crippen LogP contribution in [-0.4, -0.2) is 25.9 Å². The van der Waals surface area contributed by atoms with Crippen molar-refractivity contribution in [3.8, 4) is 11.5 Å². The zero-order chi connectivity index (χ0) is 14.8. The molecule has 0 fully saturated rings. The molecule has 106 valence electrons. The van der Waals surface area contributed by atoms with Crippen molar-refractivity contribution in [3.63, 3.8) is 0 Å². The number of sulfonamides is 1. The van der Waals surface area contributed by atoms with Gasteiger partial charge in [0.05, 0.1) is 6.26 Å². The summed E-state index contributed by atoms with van der Waals surface area (Å²) in [5.74, 6) is 0.103. The number of phenols is 1. The number of carbonyl (C=O) groups is 1. The van der Waals surface area contributed by atoms with Crippen LogP contribution in [0.3, 0.4) is 0 Å². The molecule has 1 rings (SSSR count). The molecule has 0 spiro atoms. The van der Waals surface area contributed by atoms with Crippen molar-refractivity contribution >= 4 is 16.1 Å². The summed E-state index contributed by atoms with van der Waals surface area (Å²) < 4.78 is 28.5. The molecule has 1 aromatic rings. The van der Waals surface area contributed by atoms with E-state index in [2.05, 4.69) is 0 Å². The van der Waals surface area contributed by atoms with Gasteiger partial charge in [0, 0.05) is 5.56 Å². The van der Waals surface area contributed by atoms with Crippen molar-refractivity contribution in [2.24, 2.45) is 0 Å². The van der Waals surface area contributed by atoms with E-state index >= 15 is 0 Å². The van der Waals surface area contributed by atoms with Gasteiger partial charge in [0.2, 0.25) is 10.0 Å². The average molecular weight is 287 g/mol. The molecular formula is C12H17NO5S. The summed E-state index contributed by atoms with van der Waals surface area (Å²) in [6, 6.07) is 4.47. The van der Waals surface area contributed by atoms with Gasteiger partial charge in [0.25, 0.3) is 0 Å². The molecule has 7 heteroatoms. The second-order valence-corrected chi connectivity index (χ2v) is 6.91. The van der Waals surface area contributed by atoms with Gasteiger partial charge in [-0.05, 0) is 17.5 Å². The van der Waals surface area contributed by atoms with Crippen LogP contribution in [0.15, 0.2) is 18.2 Å².